The Kier molecular flexibility index (Phi) is 3.65. The summed E-state index contributed by atoms with van der Waals surface area (Å²) >= 11 is 0. The molecule has 0 amide bonds. The lowest BCUT2D eigenvalue weighted by Gasteiger charge is -2.15. The monoisotopic (exact) mass is 177 g/mol. The maximum atomic E-state index is 8.89. The van der Waals surface area contributed by atoms with Crippen molar-refractivity contribution in [3.8, 4) is 0 Å². The summed E-state index contributed by atoms with van der Waals surface area (Å²) in [6.07, 6.45) is 4.30. The molecule has 1 aromatic heterocycles. The molecule has 0 aliphatic carbocycles. The third-order valence-corrected chi connectivity index (χ3v) is 2.10. The van der Waals surface area contributed by atoms with Gasteiger partial charge in [-0.2, -0.15) is 0 Å². The number of pyridine rings is 1. The quantitative estimate of drug-likeness (QED) is 0.715. The fourth-order valence-electron chi connectivity index (χ4n) is 1.41. The van der Waals surface area contributed by atoms with Gasteiger partial charge in [-0.05, 0) is 25.0 Å². The fourth-order valence-corrected chi connectivity index (χ4v) is 1.41. The predicted octanol–water partition coefficient (Wildman–Crippen LogP) is 2.12. The van der Waals surface area contributed by atoms with E-state index in [2.05, 4.69) is 11.6 Å². The summed E-state index contributed by atoms with van der Waals surface area (Å²) in [5, 5.41) is 8.89. The first-order chi connectivity index (χ1) is 6.25. The molecule has 1 atom stereocenters. The van der Waals surface area contributed by atoms with Crippen LogP contribution in [0.5, 0.6) is 0 Å². The van der Waals surface area contributed by atoms with Gasteiger partial charge in [0.2, 0.25) is 0 Å². The summed E-state index contributed by atoms with van der Waals surface area (Å²) in [5.41, 5.74) is 2.20. The lowest BCUT2D eigenvalue weighted by molar-refractivity contribution is 0.281. The number of nitrogens with zero attached hydrogens (tertiary/aromatic N) is 1. The second kappa shape index (κ2) is 4.77. The van der Waals surface area contributed by atoms with Crippen LogP contribution in [0, 0.1) is 0 Å². The van der Waals surface area contributed by atoms with Crippen LogP contribution >= 0.6 is 0 Å². The average Bonchev–Trinajstić information content (AvgIpc) is 2.15. The van der Waals surface area contributed by atoms with E-state index in [1.165, 1.54) is 0 Å². The van der Waals surface area contributed by atoms with Crippen LogP contribution in [0.15, 0.2) is 36.7 Å². The molecule has 2 nitrogen and oxygen atoms in total. The van der Waals surface area contributed by atoms with Crippen molar-refractivity contribution >= 4 is 0 Å². The summed E-state index contributed by atoms with van der Waals surface area (Å²) < 4.78 is 0. The van der Waals surface area contributed by atoms with Crippen LogP contribution in [0.25, 0.3) is 0 Å². The van der Waals surface area contributed by atoms with Gasteiger partial charge in [0.1, 0.15) is 0 Å². The van der Waals surface area contributed by atoms with E-state index in [0.717, 1.165) is 17.6 Å². The topological polar surface area (TPSA) is 33.1 Å². The van der Waals surface area contributed by atoms with Crippen molar-refractivity contribution in [2.24, 2.45) is 0 Å². The molecule has 1 unspecified atom stereocenters. The third-order valence-electron chi connectivity index (χ3n) is 2.10. The molecule has 0 saturated heterocycles. The molecule has 0 bridgehead atoms. The molecular formula is C11H15NO. The summed E-state index contributed by atoms with van der Waals surface area (Å²) in [6.45, 7) is 6.08. The Labute approximate surface area is 78.9 Å². The molecule has 1 aromatic rings. The second-order valence-corrected chi connectivity index (χ2v) is 3.20. The average molecular weight is 177 g/mol. The molecule has 2 heteroatoms. The number of allylic oxidation sites excluding steroid dienone is 1. The van der Waals surface area contributed by atoms with Gasteiger partial charge in [-0.1, -0.05) is 18.2 Å². The minimum absolute atomic E-state index is 0.187. The Hall–Kier alpha value is -1.15. The van der Waals surface area contributed by atoms with E-state index in [-0.39, 0.29) is 12.5 Å². The largest absolute Gasteiger partial charge is 0.396 e. The van der Waals surface area contributed by atoms with E-state index < -0.39 is 0 Å². The standard InChI is InChI=1S/C11H15NO/c1-9(2)11(5-7-13)10-4-3-6-12-8-10/h3-4,6,8,11,13H,1,5,7H2,2H3. The van der Waals surface area contributed by atoms with Crippen molar-refractivity contribution < 1.29 is 5.11 Å². The van der Waals surface area contributed by atoms with Gasteiger partial charge in [0.25, 0.3) is 0 Å². The number of hydrogen-bond acceptors (Lipinski definition) is 2. The fraction of sp³-hybridized carbons (Fsp3) is 0.364. The van der Waals surface area contributed by atoms with E-state index in [0.29, 0.717) is 0 Å². The summed E-state index contributed by atoms with van der Waals surface area (Å²) in [6, 6.07) is 3.92. The Morgan fingerprint density at radius 3 is 2.92 bits per heavy atom. The van der Waals surface area contributed by atoms with Crippen molar-refractivity contribution in [3.05, 3.63) is 42.2 Å². The van der Waals surface area contributed by atoms with Crippen LogP contribution in [0.2, 0.25) is 0 Å². The lowest BCUT2D eigenvalue weighted by atomic mass is 9.91. The maximum absolute atomic E-state index is 8.89. The minimum Gasteiger partial charge on any atom is -0.396 e. The Balaban J connectivity index is 2.82. The van der Waals surface area contributed by atoms with Gasteiger partial charge in [0.15, 0.2) is 0 Å². The first-order valence-corrected chi connectivity index (χ1v) is 4.42. The highest BCUT2D eigenvalue weighted by Gasteiger charge is 2.10. The summed E-state index contributed by atoms with van der Waals surface area (Å²) in [4.78, 5) is 4.05. The van der Waals surface area contributed by atoms with Gasteiger partial charge in [0.05, 0.1) is 0 Å². The Morgan fingerprint density at radius 2 is 2.46 bits per heavy atom. The molecule has 0 spiro atoms. The molecule has 13 heavy (non-hydrogen) atoms. The maximum Gasteiger partial charge on any atom is 0.0439 e. The molecule has 1 heterocycles. The summed E-state index contributed by atoms with van der Waals surface area (Å²) in [7, 11) is 0. The van der Waals surface area contributed by atoms with E-state index in [1.54, 1.807) is 6.20 Å². The van der Waals surface area contributed by atoms with Crippen LogP contribution < -0.4 is 0 Å². The highest BCUT2D eigenvalue weighted by Crippen LogP contribution is 2.24. The van der Waals surface area contributed by atoms with Crippen LogP contribution in [-0.2, 0) is 0 Å². The molecule has 0 fully saturated rings. The SMILES string of the molecule is C=C(C)C(CCO)c1cccnc1. The van der Waals surface area contributed by atoms with E-state index in [9.17, 15) is 0 Å². The number of hydrogen-bond donors (Lipinski definition) is 1. The molecule has 70 valence electrons. The van der Waals surface area contributed by atoms with Crippen molar-refractivity contribution in [2.75, 3.05) is 6.61 Å². The highest BCUT2D eigenvalue weighted by molar-refractivity contribution is 5.23. The molecule has 0 saturated carbocycles. The lowest BCUT2D eigenvalue weighted by Crippen LogP contribution is -2.02. The Morgan fingerprint density at radius 1 is 1.69 bits per heavy atom. The van der Waals surface area contributed by atoms with Crippen molar-refractivity contribution in [3.63, 3.8) is 0 Å². The van der Waals surface area contributed by atoms with Gasteiger partial charge < -0.3 is 5.11 Å². The van der Waals surface area contributed by atoms with Crippen LogP contribution in [0.4, 0.5) is 0 Å². The van der Waals surface area contributed by atoms with E-state index in [4.69, 9.17) is 5.11 Å². The van der Waals surface area contributed by atoms with Crippen LogP contribution in [-0.4, -0.2) is 16.7 Å². The smallest absolute Gasteiger partial charge is 0.0439 e. The van der Waals surface area contributed by atoms with Gasteiger partial charge in [-0.3, -0.25) is 4.98 Å². The molecule has 0 aromatic carbocycles. The van der Waals surface area contributed by atoms with Crippen molar-refractivity contribution in [2.45, 2.75) is 19.3 Å². The van der Waals surface area contributed by atoms with Gasteiger partial charge in [-0.25, -0.2) is 0 Å². The molecule has 0 aliphatic heterocycles. The van der Waals surface area contributed by atoms with Gasteiger partial charge >= 0.3 is 0 Å². The van der Waals surface area contributed by atoms with Crippen LogP contribution in [0.3, 0.4) is 0 Å². The normalized spacial score (nSPS) is 12.5. The zero-order valence-electron chi connectivity index (χ0n) is 7.90. The van der Waals surface area contributed by atoms with Crippen molar-refractivity contribution in [1.82, 2.24) is 4.98 Å². The molecule has 1 rings (SSSR count). The van der Waals surface area contributed by atoms with Crippen LogP contribution in [0.1, 0.15) is 24.8 Å². The van der Waals surface area contributed by atoms with E-state index >= 15 is 0 Å². The van der Waals surface area contributed by atoms with E-state index in [1.807, 2.05) is 25.3 Å². The predicted molar refractivity (Wildman–Crippen MR) is 53.5 cm³/mol. The zero-order valence-corrected chi connectivity index (χ0v) is 7.90. The number of aromatic nitrogens is 1. The van der Waals surface area contributed by atoms with Crippen molar-refractivity contribution in [1.29, 1.82) is 0 Å². The zero-order chi connectivity index (χ0) is 9.68. The molecule has 0 radical (unpaired) electrons. The molecular weight excluding hydrogens is 162 g/mol. The summed E-state index contributed by atoms with van der Waals surface area (Å²) in [5.74, 6) is 0.235. The number of aliphatic hydroxyl groups excluding tert-OH is 1. The third kappa shape index (κ3) is 2.67. The first-order valence-electron chi connectivity index (χ1n) is 4.42. The number of rotatable bonds is 4. The minimum atomic E-state index is 0.187. The molecule has 0 aliphatic rings. The number of aliphatic hydroxyl groups is 1. The second-order valence-electron chi connectivity index (χ2n) is 3.20. The first kappa shape index (κ1) is 9.93. The highest BCUT2D eigenvalue weighted by atomic mass is 16.3. The Bertz CT molecular complexity index is 269. The molecule has 1 N–H and O–H groups in total. The van der Waals surface area contributed by atoms with Gasteiger partial charge in [0, 0.05) is 24.9 Å². The van der Waals surface area contributed by atoms with Gasteiger partial charge in [-0.15, -0.1) is 0 Å².